The van der Waals surface area contributed by atoms with E-state index in [1.165, 1.54) is 43.4 Å². The number of hydrogen-bond acceptors (Lipinski definition) is 6. The summed E-state index contributed by atoms with van der Waals surface area (Å²) >= 11 is 1.50. The number of anilines is 1. The summed E-state index contributed by atoms with van der Waals surface area (Å²) in [5, 5.41) is 16.4. The molecule has 1 aliphatic heterocycles. The standard InChI is InChI=1S/C17H25N3O3S/c21-15(20-8-9-23-14(10-20)17(22)6-7-17)13-11-24-16(19-13)18-12-4-2-1-3-5-12/h11-12,14,22H,1-10H2,(H,18,19). The van der Waals surface area contributed by atoms with Gasteiger partial charge in [0, 0.05) is 18.0 Å². The zero-order valence-electron chi connectivity index (χ0n) is 13.9. The Morgan fingerprint density at radius 2 is 2.17 bits per heavy atom. The predicted molar refractivity (Wildman–Crippen MR) is 92.4 cm³/mol. The van der Waals surface area contributed by atoms with Gasteiger partial charge in [-0.25, -0.2) is 4.98 Å². The Kier molecular flexibility index (Phi) is 4.49. The quantitative estimate of drug-likeness (QED) is 0.870. The molecule has 2 heterocycles. The third-order valence-corrected chi connectivity index (χ3v) is 6.14. The number of amides is 1. The molecule has 1 saturated heterocycles. The molecule has 1 unspecified atom stereocenters. The van der Waals surface area contributed by atoms with Gasteiger partial charge in [0.15, 0.2) is 5.13 Å². The van der Waals surface area contributed by atoms with Gasteiger partial charge in [-0.05, 0) is 25.7 Å². The van der Waals surface area contributed by atoms with Crippen LogP contribution in [0.5, 0.6) is 0 Å². The molecule has 1 aromatic heterocycles. The first-order valence-corrected chi connectivity index (χ1v) is 9.87. The van der Waals surface area contributed by atoms with Crippen molar-refractivity contribution in [2.75, 3.05) is 25.0 Å². The minimum atomic E-state index is -0.714. The van der Waals surface area contributed by atoms with Crippen molar-refractivity contribution in [2.24, 2.45) is 0 Å². The Bertz CT molecular complexity index is 596. The fourth-order valence-corrected chi connectivity index (χ4v) is 4.39. The summed E-state index contributed by atoms with van der Waals surface area (Å²) in [6, 6.07) is 0.490. The van der Waals surface area contributed by atoms with E-state index in [0.29, 0.717) is 31.4 Å². The highest BCUT2D eigenvalue weighted by Crippen LogP contribution is 2.41. The molecule has 0 radical (unpaired) electrons. The topological polar surface area (TPSA) is 74.7 Å². The van der Waals surface area contributed by atoms with Crippen molar-refractivity contribution < 1.29 is 14.6 Å². The summed E-state index contributed by atoms with van der Waals surface area (Å²) in [5.41, 5.74) is -0.212. The van der Waals surface area contributed by atoms with Gasteiger partial charge >= 0.3 is 0 Å². The number of carbonyl (C=O) groups is 1. The number of nitrogens with zero attached hydrogens (tertiary/aromatic N) is 2. The zero-order valence-corrected chi connectivity index (χ0v) is 14.7. The molecule has 7 heteroatoms. The average Bonchev–Trinajstić information content (AvgIpc) is 3.21. The molecular formula is C17H25N3O3S. The van der Waals surface area contributed by atoms with Crippen molar-refractivity contribution in [1.29, 1.82) is 0 Å². The van der Waals surface area contributed by atoms with Crippen LogP contribution in [0.3, 0.4) is 0 Å². The summed E-state index contributed by atoms with van der Waals surface area (Å²) in [5.74, 6) is -0.0551. The van der Waals surface area contributed by atoms with Crippen molar-refractivity contribution in [2.45, 2.75) is 62.7 Å². The molecular weight excluding hydrogens is 326 g/mol. The maximum atomic E-state index is 12.7. The number of rotatable bonds is 4. The van der Waals surface area contributed by atoms with Crippen molar-refractivity contribution in [3.8, 4) is 0 Å². The zero-order chi connectivity index (χ0) is 16.6. The number of morpholine rings is 1. The molecule has 132 valence electrons. The maximum absolute atomic E-state index is 12.7. The van der Waals surface area contributed by atoms with Crippen LogP contribution in [0.25, 0.3) is 0 Å². The van der Waals surface area contributed by atoms with Gasteiger partial charge in [-0.2, -0.15) is 0 Å². The van der Waals surface area contributed by atoms with Crippen LogP contribution in [0.1, 0.15) is 55.4 Å². The number of aliphatic hydroxyl groups is 1. The summed E-state index contributed by atoms with van der Waals surface area (Å²) in [7, 11) is 0. The van der Waals surface area contributed by atoms with Crippen molar-refractivity contribution >= 4 is 22.4 Å². The molecule has 0 bridgehead atoms. The highest BCUT2D eigenvalue weighted by atomic mass is 32.1. The summed E-state index contributed by atoms with van der Waals surface area (Å²) < 4.78 is 5.65. The molecule has 1 atom stereocenters. The highest BCUT2D eigenvalue weighted by molar-refractivity contribution is 7.13. The van der Waals surface area contributed by atoms with Gasteiger partial charge in [0.05, 0.1) is 18.8 Å². The van der Waals surface area contributed by atoms with Gasteiger partial charge < -0.3 is 20.1 Å². The molecule has 2 aliphatic carbocycles. The molecule has 3 fully saturated rings. The van der Waals surface area contributed by atoms with Gasteiger partial charge in [-0.15, -0.1) is 11.3 Å². The normalized spacial score (nSPS) is 27.0. The van der Waals surface area contributed by atoms with Gasteiger partial charge in [0.2, 0.25) is 0 Å². The maximum Gasteiger partial charge on any atom is 0.273 e. The lowest BCUT2D eigenvalue weighted by Crippen LogP contribution is -2.50. The molecule has 0 spiro atoms. The third-order valence-electron chi connectivity index (χ3n) is 5.37. The average molecular weight is 351 g/mol. The third kappa shape index (κ3) is 3.43. The second kappa shape index (κ2) is 6.61. The molecule has 2 saturated carbocycles. The Hall–Kier alpha value is -1.18. The Balaban J connectivity index is 1.37. The van der Waals surface area contributed by atoms with E-state index in [1.54, 1.807) is 4.90 Å². The van der Waals surface area contributed by atoms with E-state index in [-0.39, 0.29) is 12.0 Å². The van der Waals surface area contributed by atoms with Crippen LogP contribution in [-0.2, 0) is 4.74 Å². The Morgan fingerprint density at radius 3 is 2.92 bits per heavy atom. The second-order valence-corrected chi connectivity index (χ2v) is 8.09. The number of hydrogen-bond donors (Lipinski definition) is 2. The van der Waals surface area contributed by atoms with Crippen LogP contribution < -0.4 is 5.32 Å². The van der Waals surface area contributed by atoms with E-state index in [4.69, 9.17) is 4.74 Å². The first-order chi connectivity index (χ1) is 11.6. The Morgan fingerprint density at radius 1 is 1.38 bits per heavy atom. The van der Waals surface area contributed by atoms with Gasteiger partial charge in [0.1, 0.15) is 11.8 Å². The van der Waals surface area contributed by atoms with Crippen LogP contribution in [0.15, 0.2) is 5.38 Å². The van der Waals surface area contributed by atoms with Gasteiger partial charge in [0.25, 0.3) is 5.91 Å². The fraction of sp³-hybridized carbons (Fsp3) is 0.765. The lowest BCUT2D eigenvalue weighted by molar-refractivity contribution is -0.0922. The van der Waals surface area contributed by atoms with E-state index < -0.39 is 5.60 Å². The SMILES string of the molecule is O=C(c1csc(NC2CCCCC2)n1)N1CCOC(C2(O)CC2)C1. The van der Waals surface area contributed by atoms with Crippen LogP contribution >= 0.6 is 11.3 Å². The summed E-state index contributed by atoms with van der Waals surface area (Å²) in [4.78, 5) is 19.0. The van der Waals surface area contributed by atoms with E-state index in [2.05, 4.69) is 10.3 Å². The second-order valence-electron chi connectivity index (χ2n) is 7.23. The number of carbonyl (C=O) groups excluding carboxylic acids is 1. The van der Waals surface area contributed by atoms with Crippen molar-refractivity contribution in [3.05, 3.63) is 11.1 Å². The molecule has 24 heavy (non-hydrogen) atoms. The molecule has 1 aromatic rings. The minimum absolute atomic E-state index is 0.0551. The number of ether oxygens (including phenoxy) is 1. The van der Waals surface area contributed by atoms with E-state index in [0.717, 1.165) is 18.0 Å². The minimum Gasteiger partial charge on any atom is -0.387 e. The van der Waals surface area contributed by atoms with E-state index in [1.807, 2.05) is 5.38 Å². The van der Waals surface area contributed by atoms with E-state index >= 15 is 0 Å². The van der Waals surface area contributed by atoms with Crippen LogP contribution in [0.2, 0.25) is 0 Å². The number of nitrogens with one attached hydrogen (secondary N) is 1. The van der Waals surface area contributed by atoms with Gasteiger partial charge in [-0.3, -0.25) is 4.79 Å². The van der Waals surface area contributed by atoms with E-state index in [9.17, 15) is 9.90 Å². The monoisotopic (exact) mass is 351 g/mol. The van der Waals surface area contributed by atoms with Gasteiger partial charge in [-0.1, -0.05) is 19.3 Å². The van der Waals surface area contributed by atoms with Crippen LogP contribution in [0, 0.1) is 0 Å². The lowest BCUT2D eigenvalue weighted by Gasteiger charge is -2.35. The highest BCUT2D eigenvalue weighted by Gasteiger charge is 2.50. The smallest absolute Gasteiger partial charge is 0.273 e. The summed E-state index contributed by atoms with van der Waals surface area (Å²) in [6.07, 6.45) is 7.52. The number of thiazole rings is 1. The van der Waals surface area contributed by atoms with Crippen LogP contribution in [0.4, 0.5) is 5.13 Å². The summed E-state index contributed by atoms with van der Waals surface area (Å²) in [6.45, 7) is 1.50. The van der Waals surface area contributed by atoms with Crippen molar-refractivity contribution in [1.82, 2.24) is 9.88 Å². The molecule has 3 aliphatic rings. The van der Waals surface area contributed by atoms with Crippen molar-refractivity contribution in [3.63, 3.8) is 0 Å². The number of aromatic nitrogens is 1. The largest absolute Gasteiger partial charge is 0.387 e. The molecule has 1 amide bonds. The first-order valence-electron chi connectivity index (χ1n) is 8.99. The Labute approximate surface area is 146 Å². The fourth-order valence-electron chi connectivity index (χ4n) is 3.63. The predicted octanol–water partition coefficient (Wildman–Crippen LogP) is 2.25. The first kappa shape index (κ1) is 16.3. The molecule has 6 nitrogen and oxygen atoms in total. The molecule has 2 N–H and O–H groups in total. The molecule has 4 rings (SSSR count). The lowest BCUT2D eigenvalue weighted by atomic mass is 9.96. The van der Waals surface area contributed by atoms with Crippen LogP contribution in [-0.4, -0.2) is 58.3 Å². The molecule has 0 aromatic carbocycles.